The van der Waals surface area contributed by atoms with Gasteiger partial charge in [-0.15, -0.1) is 0 Å². The Morgan fingerprint density at radius 3 is 2.81 bits per heavy atom. The van der Waals surface area contributed by atoms with Crippen LogP contribution in [0.2, 0.25) is 0 Å². The van der Waals surface area contributed by atoms with E-state index in [4.69, 9.17) is 0 Å². The molecule has 0 unspecified atom stereocenters. The molecule has 1 saturated heterocycles. The molecule has 1 heterocycles. The Balaban J connectivity index is 1.49. The molecule has 3 aliphatic carbocycles. The predicted molar refractivity (Wildman–Crippen MR) is 105 cm³/mol. The lowest BCUT2D eigenvalue weighted by atomic mass is 9.49. The minimum atomic E-state index is -0.0869. The van der Waals surface area contributed by atoms with Crippen molar-refractivity contribution in [3.8, 4) is 0 Å². The minimum absolute atomic E-state index is 0.0869. The van der Waals surface area contributed by atoms with Crippen molar-refractivity contribution in [3.63, 3.8) is 0 Å². The average Bonchev–Trinajstić information content (AvgIpc) is 2.99. The summed E-state index contributed by atoms with van der Waals surface area (Å²) in [6.07, 6.45) is 11.6. The molecule has 0 amide bonds. The third kappa shape index (κ3) is 2.27. The second-order valence-corrected chi connectivity index (χ2v) is 9.50. The van der Waals surface area contributed by atoms with Crippen LogP contribution < -0.4 is 5.32 Å². The van der Waals surface area contributed by atoms with Gasteiger partial charge in [-0.3, -0.25) is 4.79 Å². The zero-order valence-electron chi connectivity index (χ0n) is 16.0. The van der Waals surface area contributed by atoms with Crippen molar-refractivity contribution >= 4 is 5.78 Å². The average molecular weight is 350 g/mol. The van der Waals surface area contributed by atoms with E-state index in [2.05, 4.69) is 48.6 Å². The second kappa shape index (κ2) is 5.97. The maximum atomic E-state index is 13.1. The van der Waals surface area contributed by atoms with E-state index in [0.29, 0.717) is 23.0 Å². The SMILES string of the molecule is C[C@]12CCCC=C1NC[C@H]1[C@@H]3CCC(=O)[C@@]3(Cc3ccccc3)CC[C@@H]12. The molecule has 0 radical (unpaired) electrons. The molecule has 3 fully saturated rings. The van der Waals surface area contributed by atoms with Gasteiger partial charge in [-0.1, -0.05) is 43.3 Å². The first-order valence-electron chi connectivity index (χ1n) is 10.7. The highest BCUT2D eigenvalue weighted by Crippen LogP contribution is 2.62. The van der Waals surface area contributed by atoms with Crippen LogP contribution in [-0.4, -0.2) is 12.3 Å². The highest BCUT2D eigenvalue weighted by atomic mass is 16.1. The largest absolute Gasteiger partial charge is 0.388 e. The lowest BCUT2D eigenvalue weighted by molar-refractivity contribution is -0.133. The maximum Gasteiger partial charge on any atom is 0.139 e. The summed E-state index contributed by atoms with van der Waals surface area (Å²) in [5.74, 6) is 2.55. The molecule has 1 aliphatic heterocycles. The Morgan fingerprint density at radius 1 is 1.12 bits per heavy atom. The normalized spacial score (nSPS) is 41.5. The molecule has 0 bridgehead atoms. The monoisotopic (exact) mass is 349 g/mol. The fourth-order valence-electron chi connectivity index (χ4n) is 7.20. The number of hydrogen-bond donors (Lipinski definition) is 1. The number of nitrogens with one attached hydrogen (secondary N) is 1. The maximum absolute atomic E-state index is 13.1. The third-order valence-electron chi connectivity index (χ3n) is 8.46. The molecular weight excluding hydrogens is 318 g/mol. The van der Waals surface area contributed by atoms with Crippen molar-refractivity contribution in [3.05, 3.63) is 47.7 Å². The molecule has 0 aromatic heterocycles. The van der Waals surface area contributed by atoms with Gasteiger partial charge in [-0.2, -0.15) is 0 Å². The molecule has 0 spiro atoms. The van der Waals surface area contributed by atoms with Crippen LogP contribution in [0.1, 0.15) is 57.4 Å². The minimum Gasteiger partial charge on any atom is -0.388 e. The Hall–Kier alpha value is -1.57. The van der Waals surface area contributed by atoms with Crippen LogP contribution in [0.4, 0.5) is 0 Å². The predicted octanol–water partition coefficient (Wildman–Crippen LogP) is 4.90. The molecule has 5 rings (SSSR count). The molecule has 26 heavy (non-hydrogen) atoms. The van der Waals surface area contributed by atoms with Crippen LogP contribution in [0.25, 0.3) is 0 Å². The van der Waals surface area contributed by atoms with E-state index in [0.717, 1.165) is 38.1 Å². The summed E-state index contributed by atoms with van der Waals surface area (Å²) in [4.78, 5) is 13.1. The summed E-state index contributed by atoms with van der Waals surface area (Å²) in [6, 6.07) is 10.7. The molecule has 1 aromatic carbocycles. The van der Waals surface area contributed by atoms with E-state index in [9.17, 15) is 4.79 Å². The van der Waals surface area contributed by atoms with Gasteiger partial charge < -0.3 is 5.32 Å². The van der Waals surface area contributed by atoms with Gasteiger partial charge in [0.25, 0.3) is 0 Å². The smallest absolute Gasteiger partial charge is 0.139 e. The van der Waals surface area contributed by atoms with E-state index in [1.54, 1.807) is 0 Å². The zero-order valence-corrected chi connectivity index (χ0v) is 16.0. The number of piperidine rings is 1. The molecule has 4 aliphatic rings. The topological polar surface area (TPSA) is 29.1 Å². The molecular formula is C24H31NO. The van der Waals surface area contributed by atoms with Crippen molar-refractivity contribution in [2.45, 2.75) is 58.3 Å². The summed E-state index contributed by atoms with van der Waals surface area (Å²) < 4.78 is 0. The van der Waals surface area contributed by atoms with Gasteiger partial charge in [-0.05, 0) is 68.3 Å². The number of hydrogen-bond acceptors (Lipinski definition) is 2. The summed E-state index contributed by atoms with van der Waals surface area (Å²) in [5.41, 5.74) is 3.10. The van der Waals surface area contributed by atoms with E-state index in [-0.39, 0.29) is 5.41 Å². The summed E-state index contributed by atoms with van der Waals surface area (Å²) in [6.45, 7) is 3.59. The molecule has 138 valence electrons. The number of rotatable bonds is 2. The van der Waals surface area contributed by atoms with Crippen LogP contribution >= 0.6 is 0 Å². The van der Waals surface area contributed by atoms with Crippen molar-refractivity contribution in [2.24, 2.45) is 28.6 Å². The lowest BCUT2D eigenvalue weighted by Gasteiger charge is -2.57. The standard InChI is InChI=1S/C24H31NO/c1-23-13-6-5-9-21(23)25-16-18-19(23)12-14-24(20(18)10-11-22(24)26)15-17-7-3-2-4-8-17/h2-4,7-9,18-20,25H,5-6,10-16H2,1H3/t18-,19+,20+,23-,24-/m1/s1. The van der Waals surface area contributed by atoms with E-state index in [1.807, 2.05) is 0 Å². The molecule has 1 aromatic rings. The first kappa shape index (κ1) is 16.6. The Labute approximate surface area is 157 Å². The highest BCUT2D eigenvalue weighted by molar-refractivity contribution is 5.88. The first-order chi connectivity index (χ1) is 12.6. The van der Waals surface area contributed by atoms with Gasteiger partial charge in [0.05, 0.1) is 0 Å². The van der Waals surface area contributed by atoms with Crippen molar-refractivity contribution in [1.29, 1.82) is 0 Å². The molecule has 1 N–H and O–H groups in total. The van der Waals surface area contributed by atoms with Crippen molar-refractivity contribution < 1.29 is 4.79 Å². The van der Waals surface area contributed by atoms with E-state index >= 15 is 0 Å². The van der Waals surface area contributed by atoms with Gasteiger partial charge in [0, 0.05) is 29.5 Å². The molecule has 5 atom stereocenters. The van der Waals surface area contributed by atoms with Gasteiger partial charge in [0.2, 0.25) is 0 Å². The number of allylic oxidation sites excluding steroid dienone is 2. The van der Waals surface area contributed by atoms with Crippen molar-refractivity contribution in [2.75, 3.05) is 6.54 Å². The fraction of sp³-hybridized carbons (Fsp3) is 0.625. The van der Waals surface area contributed by atoms with Gasteiger partial charge in [0.1, 0.15) is 5.78 Å². The number of carbonyl (C=O) groups excluding carboxylic acids is 1. The Kier molecular flexibility index (Phi) is 3.81. The number of carbonyl (C=O) groups is 1. The van der Waals surface area contributed by atoms with Crippen molar-refractivity contribution in [1.82, 2.24) is 5.32 Å². The lowest BCUT2D eigenvalue weighted by Crippen LogP contribution is -2.57. The Bertz CT molecular complexity index is 738. The van der Waals surface area contributed by atoms with E-state index < -0.39 is 0 Å². The molecule has 2 heteroatoms. The number of ketones is 1. The Morgan fingerprint density at radius 2 is 1.96 bits per heavy atom. The fourth-order valence-corrected chi connectivity index (χ4v) is 7.20. The van der Waals surface area contributed by atoms with Crippen LogP contribution in [0.15, 0.2) is 42.1 Å². The zero-order chi connectivity index (χ0) is 17.8. The van der Waals surface area contributed by atoms with Crippen LogP contribution in [-0.2, 0) is 11.2 Å². The van der Waals surface area contributed by atoms with Crippen LogP contribution in [0.3, 0.4) is 0 Å². The quantitative estimate of drug-likeness (QED) is 0.823. The number of benzene rings is 1. The molecule has 2 saturated carbocycles. The van der Waals surface area contributed by atoms with E-state index in [1.165, 1.54) is 36.9 Å². The number of Topliss-reactive ketones (excluding diaryl/α,β-unsaturated/α-hetero) is 1. The summed E-state index contributed by atoms with van der Waals surface area (Å²) in [5, 5.41) is 3.82. The number of fused-ring (bicyclic) bond motifs is 5. The summed E-state index contributed by atoms with van der Waals surface area (Å²) in [7, 11) is 0. The molecule has 2 nitrogen and oxygen atoms in total. The van der Waals surface area contributed by atoms with Crippen LogP contribution in [0, 0.1) is 28.6 Å². The summed E-state index contributed by atoms with van der Waals surface area (Å²) >= 11 is 0. The third-order valence-corrected chi connectivity index (χ3v) is 8.46. The highest BCUT2D eigenvalue weighted by Gasteiger charge is 2.60. The second-order valence-electron chi connectivity index (χ2n) is 9.50. The van der Waals surface area contributed by atoms with Gasteiger partial charge >= 0.3 is 0 Å². The van der Waals surface area contributed by atoms with Gasteiger partial charge in [0.15, 0.2) is 0 Å². The van der Waals surface area contributed by atoms with Gasteiger partial charge in [-0.25, -0.2) is 0 Å². The van der Waals surface area contributed by atoms with Crippen LogP contribution in [0.5, 0.6) is 0 Å². The first-order valence-corrected chi connectivity index (χ1v) is 10.7.